The van der Waals surface area contributed by atoms with Gasteiger partial charge in [0.05, 0.1) is 4.90 Å². The van der Waals surface area contributed by atoms with Crippen LogP contribution in [0.15, 0.2) is 53.4 Å². The van der Waals surface area contributed by atoms with Gasteiger partial charge in [-0.1, -0.05) is 30.3 Å². The summed E-state index contributed by atoms with van der Waals surface area (Å²) in [5.41, 5.74) is 6.43. The van der Waals surface area contributed by atoms with E-state index in [1.807, 2.05) is 0 Å². The maximum Gasteiger partial charge on any atom is 0.240 e. The zero-order valence-electron chi connectivity index (χ0n) is 10.7. The zero-order chi connectivity index (χ0) is 14.6. The van der Waals surface area contributed by atoms with Gasteiger partial charge in [0.1, 0.15) is 5.82 Å². The molecule has 0 saturated carbocycles. The number of rotatable bonds is 5. The first-order valence-electron chi connectivity index (χ1n) is 6.05. The Morgan fingerprint density at radius 1 is 1.10 bits per heavy atom. The van der Waals surface area contributed by atoms with E-state index in [4.69, 9.17) is 5.73 Å². The van der Waals surface area contributed by atoms with Crippen LogP contribution < -0.4 is 10.5 Å². The number of sulfonamides is 1. The smallest absolute Gasteiger partial charge is 0.240 e. The summed E-state index contributed by atoms with van der Waals surface area (Å²) in [6, 6.07) is 12.4. The van der Waals surface area contributed by atoms with E-state index in [-0.39, 0.29) is 23.8 Å². The van der Waals surface area contributed by atoms with Crippen LogP contribution in [0.4, 0.5) is 4.39 Å². The van der Waals surface area contributed by atoms with Crippen molar-refractivity contribution in [1.82, 2.24) is 4.72 Å². The van der Waals surface area contributed by atoms with Crippen LogP contribution in [0.25, 0.3) is 0 Å². The Kier molecular flexibility index (Phi) is 4.49. The zero-order valence-corrected chi connectivity index (χ0v) is 11.5. The summed E-state index contributed by atoms with van der Waals surface area (Å²) in [6.07, 6.45) is 0. The molecule has 4 nitrogen and oxygen atoms in total. The molecule has 0 amide bonds. The minimum absolute atomic E-state index is 0.0745. The average Bonchev–Trinajstić information content (AvgIpc) is 2.47. The van der Waals surface area contributed by atoms with Gasteiger partial charge in [0.25, 0.3) is 0 Å². The van der Waals surface area contributed by atoms with Crippen molar-refractivity contribution in [1.29, 1.82) is 0 Å². The van der Waals surface area contributed by atoms with E-state index in [0.29, 0.717) is 11.1 Å². The largest absolute Gasteiger partial charge is 0.326 e. The van der Waals surface area contributed by atoms with Gasteiger partial charge < -0.3 is 5.73 Å². The molecule has 0 radical (unpaired) electrons. The molecular weight excluding hydrogens is 279 g/mol. The van der Waals surface area contributed by atoms with E-state index in [0.717, 1.165) is 0 Å². The molecule has 106 valence electrons. The van der Waals surface area contributed by atoms with Gasteiger partial charge in [-0.3, -0.25) is 0 Å². The van der Waals surface area contributed by atoms with Gasteiger partial charge in [0, 0.05) is 18.7 Å². The summed E-state index contributed by atoms with van der Waals surface area (Å²) >= 11 is 0. The molecule has 2 aromatic carbocycles. The molecule has 2 aromatic rings. The van der Waals surface area contributed by atoms with E-state index in [2.05, 4.69) is 4.72 Å². The van der Waals surface area contributed by atoms with Crippen molar-refractivity contribution in [3.05, 3.63) is 65.5 Å². The second-order valence-electron chi connectivity index (χ2n) is 4.27. The predicted octanol–water partition coefficient (Wildman–Crippen LogP) is 1.76. The van der Waals surface area contributed by atoms with Crippen molar-refractivity contribution < 1.29 is 12.8 Å². The van der Waals surface area contributed by atoms with Crippen LogP contribution in [0.3, 0.4) is 0 Å². The van der Waals surface area contributed by atoms with Crippen molar-refractivity contribution in [3.63, 3.8) is 0 Å². The molecule has 0 saturated heterocycles. The standard InChI is InChI=1S/C14H15FN2O2S/c15-14-7-6-11(8-12(14)9-16)10-17-20(18,19)13-4-2-1-3-5-13/h1-8,17H,9-10,16H2. The van der Waals surface area contributed by atoms with Gasteiger partial charge in [-0.05, 0) is 23.8 Å². The SMILES string of the molecule is NCc1cc(CNS(=O)(=O)c2ccccc2)ccc1F. The third kappa shape index (κ3) is 3.41. The highest BCUT2D eigenvalue weighted by Crippen LogP contribution is 2.12. The maximum atomic E-state index is 13.3. The van der Waals surface area contributed by atoms with Crippen molar-refractivity contribution >= 4 is 10.0 Å². The minimum Gasteiger partial charge on any atom is -0.326 e. The van der Waals surface area contributed by atoms with E-state index < -0.39 is 10.0 Å². The fraction of sp³-hybridized carbons (Fsp3) is 0.143. The summed E-state index contributed by atoms with van der Waals surface area (Å²) in [4.78, 5) is 0.196. The fourth-order valence-corrected chi connectivity index (χ4v) is 2.79. The van der Waals surface area contributed by atoms with Crippen LogP contribution in [0.1, 0.15) is 11.1 Å². The summed E-state index contributed by atoms with van der Waals surface area (Å²) in [7, 11) is -3.56. The monoisotopic (exact) mass is 294 g/mol. The summed E-state index contributed by atoms with van der Waals surface area (Å²) in [5, 5.41) is 0. The fourth-order valence-electron chi connectivity index (χ4n) is 1.76. The van der Waals surface area contributed by atoms with Gasteiger partial charge >= 0.3 is 0 Å². The Labute approximate surface area is 117 Å². The molecule has 0 fully saturated rings. The van der Waals surface area contributed by atoms with Crippen LogP contribution in [-0.2, 0) is 23.1 Å². The highest BCUT2D eigenvalue weighted by atomic mass is 32.2. The summed E-state index contributed by atoms with van der Waals surface area (Å²) in [6.45, 7) is 0.162. The number of halogens is 1. The predicted molar refractivity (Wildman–Crippen MR) is 74.8 cm³/mol. The molecular formula is C14H15FN2O2S. The topological polar surface area (TPSA) is 72.2 Å². The van der Waals surface area contributed by atoms with Crippen LogP contribution in [0.5, 0.6) is 0 Å². The average molecular weight is 294 g/mol. The van der Waals surface area contributed by atoms with Gasteiger partial charge in [0.15, 0.2) is 0 Å². The first-order valence-corrected chi connectivity index (χ1v) is 7.53. The van der Waals surface area contributed by atoms with Crippen LogP contribution in [-0.4, -0.2) is 8.42 Å². The third-order valence-electron chi connectivity index (χ3n) is 2.85. The lowest BCUT2D eigenvalue weighted by molar-refractivity contribution is 0.581. The van der Waals surface area contributed by atoms with E-state index in [1.165, 1.54) is 24.3 Å². The number of hydrogen-bond donors (Lipinski definition) is 2. The number of nitrogens with two attached hydrogens (primary N) is 1. The van der Waals surface area contributed by atoms with E-state index in [9.17, 15) is 12.8 Å². The first-order chi connectivity index (χ1) is 9.53. The lowest BCUT2D eigenvalue weighted by Crippen LogP contribution is -2.23. The lowest BCUT2D eigenvalue weighted by atomic mass is 10.1. The molecule has 0 bridgehead atoms. The van der Waals surface area contributed by atoms with Crippen LogP contribution in [0, 0.1) is 5.82 Å². The Bertz CT molecular complexity index is 688. The Morgan fingerprint density at radius 2 is 1.80 bits per heavy atom. The molecule has 2 rings (SSSR count). The van der Waals surface area contributed by atoms with Gasteiger partial charge in [-0.25, -0.2) is 17.5 Å². The molecule has 0 aliphatic heterocycles. The maximum absolute atomic E-state index is 13.3. The molecule has 0 aliphatic rings. The molecule has 0 heterocycles. The molecule has 0 aliphatic carbocycles. The van der Waals surface area contributed by atoms with Crippen molar-refractivity contribution in [2.45, 2.75) is 18.0 Å². The molecule has 0 atom stereocenters. The van der Waals surface area contributed by atoms with E-state index >= 15 is 0 Å². The highest BCUT2D eigenvalue weighted by molar-refractivity contribution is 7.89. The van der Waals surface area contributed by atoms with Crippen LogP contribution in [0.2, 0.25) is 0 Å². The quantitative estimate of drug-likeness (QED) is 0.882. The first kappa shape index (κ1) is 14.6. The third-order valence-corrected chi connectivity index (χ3v) is 4.27. The lowest BCUT2D eigenvalue weighted by Gasteiger charge is -2.08. The molecule has 20 heavy (non-hydrogen) atoms. The molecule has 0 aromatic heterocycles. The van der Waals surface area contributed by atoms with Gasteiger partial charge in [0.2, 0.25) is 10.0 Å². The Balaban J connectivity index is 2.13. The van der Waals surface area contributed by atoms with Gasteiger partial charge in [-0.15, -0.1) is 0 Å². The number of benzene rings is 2. The normalized spacial score (nSPS) is 11.5. The van der Waals surface area contributed by atoms with Crippen molar-refractivity contribution in [3.8, 4) is 0 Å². The number of nitrogens with one attached hydrogen (secondary N) is 1. The summed E-state index contributed by atoms with van der Waals surface area (Å²) < 4.78 is 39.8. The second kappa shape index (κ2) is 6.13. The van der Waals surface area contributed by atoms with E-state index in [1.54, 1.807) is 24.3 Å². The van der Waals surface area contributed by atoms with Crippen LogP contribution >= 0.6 is 0 Å². The van der Waals surface area contributed by atoms with Crippen molar-refractivity contribution in [2.75, 3.05) is 0 Å². The molecule has 0 spiro atoms. The highest BCUT2D eigenvalue weighted by Gasteiger charge is 2.13. The molecule has 6 heteroatoms. The minimum atomic E-state index is -3.56. The summed E-state index contributed by atoms with van der Waals surface area (Å²) in [5.74, 6) is -0.387. The van der Waals surface area contributed by atoms with Gasteiger partial charge in [-0.2, -0.15) is 0 Å². The van der Waals surface area contributed by atoms with Crippen molar-refractivity contribution in [2.24, 2.45) is 5.73 Å². The Morgan fingerprint density at radius 3 is 2.45 bits per heavy atom. The molecule has 0 unspecified atom stereocenters. The second-order valence-corrected chi connectivity index (χ2v) is 6.03. The molecule has 3 N–H and O–H groups in total. The Hall–Kier alpha value is -1.76. The number of hydrogen-bond acceptors (Lipinski definition) is 3.